The van der Waals surface area contributed by atoms with Crippen LogP contribution in [-0.4, -0.2) is 32.9 Å². The summed E-state index contributed by atoms with van der Waals surface area (Å²) in [5.41, 5.74) is 0.174. The number of amides is 1. The fourth-order valence-electron chi connectivity index (χ4n) is 2.79. The van der Waals surface area contributed by atoms with Gasteiger partial charge in [-0.1, -0.05) is 0 Å². The molecule has 0 aliphatic carbocycles. The van der Waals surface area contributed by atoms with Gasteiger partial charge in [0.1, 0.15) is 12.4 Å². The van der Waals surface area contributed by atoms with Crippen molar-refractivity contribution >= 4 is 17.6 Å². The van der Waals surface area contributed by atoms with E-state index in [0.29, 0.717) is 5.56 Å². The predicted molar refractivity (Wildman–Crippen MR) is 88.2 cm³/mol. The average Bonchev–Trinajstić information content (AvgIpc) is 2.80. The number of hydrogen-bond acceptors (Lipinski definition) is 3. The Morgan fingerprint density at radius 2 is 1.93 bits per heavy atom. The topological polar surface area (TPSA) is 84.2 Å². The van der Waals surface area contributed by atoms with E-state index in [1.165, 1.54) is 20.8 Å². The van der Waals surface area contributed by atoms with Gasteiger partial charge in [0.05, 0.1) is 22.9 Å². The number of carbonyl (C=O) groups is 2. The van der Waals surface area contributed by atoms with Gasteiger partial charge in [-0.25, -0.2) is 9.18 Å². The molecule has 10 heteroatoms. The van der Waals surface area contributed by atoms with E-state index < -0.39 is 36.3 Å². The van der Waals surface area contributed by atoms with Crippen molar-refractivity contribution < 1.29 is 32.3 Å². The van der Waals surface area contributed by atoms with Crippen LogP contribution in [-0.2, 0) is 11.3 Å². The van der Waals surface area contributed by atoms with Crippen LogP contribution in [0.5, 0.6) is 0 Å². The van der Waals surface area contributed by atoms with E-state index in [9.17, 15) is 27.2 Å². The molecular formula is C17H17F4N3O3. The second-order valence-electron chi connectivity index (χ2n) is 6.07. The summed E-state index contributed by atoms with van der Waals surface area (Å²) in [6.45, 7) is 3.05. The maximum Gasteiger partial charge on any atom is 0.408 e. The van der Waals surface area contributed by atoms with Crippen molar-refractivity contribution in [2.75, 3.05) is 5.32 Å². The van der Waals surface area contributed by atoms with Gasteiger partial charge in [0, 0.05) is 11.3 Å². The highest BCUT2D eigenvalue weighted by Crippen LogP contribution is 2.28. The third-order valence-electron chi connectivity index (χ3n) is 4.06. The maximum atomic E-state index is 13.9. The van der Waals surface area contributed by atoms with Crippen molar-refractivity contribution in [3.05, 3.63) is 46.5 Å². The zero-order valence-corrected chi connectivity index (χ0v) is 14.7. The standard InChI is InChI=1S/C17H17F4N3O3/c1-8(14-9(2)23-24(10(14)3)7-17(19,20)21)15(25)22-13-6-11(16(26)27)4-5-12(13)18/h4-6,8H,7H2,1-3H3,(H,22,25)(H,26,27). The van der Waals surface area contributed by atoms with Gasteiger partial charge in [-0.05, 0) is 39.0 Å². The molecule has 0 aliphatic rings. The van der Waals surface area contributed by atoms with Crippen LogP contribution in [0.4, 0.5) is 23.2 Å². The van der Waals surface area contributed by atoms with Crippen LogP contribution in [0.15, 0.2) is 18.2 Å². The summed E-state index contributed by atoms with van der Waals surface area (Å²) >= 11 is 0. The summed E-state index contributed by atoms with van der Waals surface area (Å²) in [5, 5.41) is 15.1. The van der Waals surface area contributed by atoms with Gasteiger partial charge in [0.2, 0.25) is 5.91 Å². The van der Waals surface area contributed by atoms with Gasteiger partial charge in [0.25, 0.3) is 0 Å². The fourth-order valence-corrected chi connectivity index (χ4v) is 2.79. The van der Waals surface area contributed by atoms with Crippen molar-refractivity contribution in [2.24, 2.45) is 0 Å². The second kappa shape index (κ2) is 7.37. The summed E-state index contributed by atoms with van der Waals surface area (Å²) in [5.74, 6) is -3.76. The van der Waals surface area contributed by atoms with Crippen LogP contribution in [0.3, 0.4) is 0 Å². The lowest BCUT2D eigenvalue weighted by atomic mass is 9.98. The van der Waals surface area contributed by atoms with E-state index in [1.54, 1.807) is 0 Å². The molecule has 2 rings (SSSR count). The highest BCUT2D eigenvalue weighted by molar-refractivity contribution is 5.97. The average molecular weight is 387 g/mol. The van der Waals surface area contributed by atoms with Crippen molar-refractivity contribution in [2.45, 2.75) is 39.4 Å². The molecule has 2 N–H and O–H groups in total. The smallest absolute Gasteiger partial charge is 0.408 e. The molecule has 1 atom stereocenters. The minimum Gasteiger partial charge on any atom is -0.478 e. The Bertz CT molecular complexity index is 890. The second-order valence-corrected chi connectivity index (χ2v) is 6.07. The van der Waals surface area contributed by atoms with Gasteiger partial charge in [-0.2, -0.15) is 18.3 Å². The van der Waals surface area contributed by atoms with E-state index in [4.69, 9.17) is 5.11 Å². The van der Waals surface area contributed by atoms with E-state index in [2.05, 4.69) is 10.4 Å². The van der Waals surface area contributed by atoms with Crippen LogP contribution in [0.1, 0.15) is 40.2 Å². The molecule has 0 radical (unpaired) electrons. The fraction of sp³-hybridized carbons (Fsp3) is 0.353. The minimum atomic E-state index is -4.47. The largest absolute Gasteiger partial charge is 0.478 e. The molecule has 2 aromatic rings. The zero-order chi connectivity index (χ0) is 20.5. The van der Waals surface area contributed by atoms with Crippen LogP contribution >= 0.6 is 0 Å². The number of carboxylic acid groups (broad SMARTS) is 1. The first-order chi connectivity index (χ1) is 12.4. The summed E-state index contributed by atoms with van der Waals surface area (Å²) in [6, 6.07) is 2.92. The Hall–Kier alpha value is -2.91. The lowest BCUT2D eigenvalue weighted by Crippen LogP contribution is -2.22. The molecule has 1 aromatic heterocycles. The number of benzene rings is 1. The lowest BCUT2D eigenvalue weighted by molar-refractivity contribution is -0.143. The van der Waals surface area contributed by atoms with Gasteiger partial charge in [-0.3, -0.25) is 9.48 Å². The number of aromatic carboxylic acids is 1. The Kier molecular flexibility index (Phi) is 5.57. The number of halogens is 4. The summed E-state index contributed by atoms with van der Waals surface area (Å²) in [7, 11) is 0. The quantitative estimate of drug-likeness (QED) is 0.768. The summed E-state index contributed by atoms with van der Waals surface area (Å²) < 4.78 is 52.5. The Labute approximate surface area is 151 Å². The molecule has 146 valence electrons. The SMILES string of the molecule is Cc1nn(CC(F)(F)F)c(C)c1C(C)C(=O)Nc1cc(C(=O)O)ccc1F. The predicted octanol–water partition coefficient (Wildman–Crippen LogP) is 3.64. The zero-order valence-electron chi connectivity index (χ0n) is 14.7. The monoisotopic (exact) mass is 387 g/mol. The Morgan fingerprint density at radius 1 is 1.30 bits per heavy atom. The number of hydrogen-bond donors (Lipinski definition) is 2. The first kappa shape index (κ1) is 20.4. The Morgan fingerprint density at radius 3 is 2.48 bits per heavy atom. The third-order valence-corrected chi connectivity index (χ3v) is 4.06. The molecule has 1 amide bonds. The van der Waals surface area contributed by atoms with E-state index in [1.807, 2.05) is 0 Å². The third kappa shape index (κ3) is 4.63. The van der Waals surface area contributed by atoms with E-state index in [-0.39, 0.29) is 22.6 Å². The molecule has 0 saturated carbocycles. The normalized spacial score (nSPS) is 12.7. The molecule has 1 aromatic carbocycles. The van der Waals surface area contributed by atoms with Crippen LogP contribution in [0.2, 0.25) is 0 Å². The highest BCUT2D eigenvalue weighted by atomic mass is 19.4. The summed E-state index contributed by atoms with van der Waals surface area (Å²) in [6.07, 6.45) is -4.47. The van der Waals surface area contributed by atoms with Gasteiger partial charge >= 0.3 is 12.1 Å². The van der Waals surface area contributed by atoms with Crippen molar-refractivity contribution in [1.82, 2.24) is 9.78 Å². The van der Waals surface area contributed by atoms with Gasteiger partial charge in [-0.15, -0.1) is 0 Å². The number of nitrogens with one attached hydrogen (secondary N) is 1. The van der Waals surface area contributed by atoms with E-state index in [0.717, 1.165) is 22.9 Å². The van der Waals surface area contributed by atoms with Crippen LogP contribution < -0.4 is 5.32 Å². The first-order valence-electron chi connectivity index (χ1n) is 7.85. The number of aryl methyl sites for hydroxylation is 1. The van der Waals surface area contributed by atoms with Gasteiger partial charge < -0.3 is 10.4 Å². The van der Waals surface area contributed by atoms with Crippen molar-refractivity contribution in [3.8, 4) is 0 Å². The van der Waals surface area contributed by atoms with Crippen molar-refractivity contribution in [1.29, 1.82) is 0 Å². The highest BCUT2D eigenvalue weighted by Gasteiger charge is 2.31. The number of carbonyl (C=O) groups excluding carboxylic acids is 1. The maximum absolute atomic E-state index is 13.9. The molecule has 0 saturated heterocycles. The van der Waals surface area contributed by atoms with Crippen molar-refractivity contribution in [3.63, 3.8) is 0 Å². The Balaban J connectivity index is 2.28. The number of rotatable bonds is 5. The van der Waals surface area contributed by atoms with Gasteiger partial charge in [0.15, 0.2) is 0 Å². The molecular weight excluding hydrogens is 370 g/mol. The number of carboxylic acids is 1. The molecule has 0 aliphatic heterocycles. The van der Waals surface area contributed by atoms with Crippen LogP contribution in [0, 0.1) is 19.7 Å². The number of nitrogens with zero attached hydrogens (tertiary/aromatic N) is 2. The van der Waals surface area contributed by atoms with Crippen LogP contribution in [0.25, 0.3) is 0 Å². The van der Waals surface area contributed by atoms with E-state index >= 15 is 0 Å². The molecule has 0 spiro atoms. The number of alkyl halides is 3. The molecule has 0 fully saturated rings. The molecule has 1 unspecified atom stereocenters. The first-order valence-corrected chi connectivity index (χ1v) is 7.85. The summed E-state index contributed by atoms with van der Waals surface area (Å²) in [4.78, 5) is 23.4. The number of aromatic nitrogens is 2. The molecule has 6 nitrogen and oxygen atoms in total. The minimum absolute atomic E-state index is 0.173. The molecule has 1 heterocycles. The molecule has 27 heavy (non-hydrogen) atoms. The number of anilines is 1. The molecule has 0 bridgehead atoms. The lowest BCUT2D eigenvalue weighted by Gasteiger charge is -2.14.